The van der Waals surface area contributed by atoms with Gasteiger partial charge < -0.3 is 0 Å². The highest BCUT2D eigenvalue weighted by atomic mass is 32.1. The summed E-state index contributed by atoms with van der Waals surface area (Å²) >= 11 is 8.67. The molecule has 3 aromatic heterocycles. The normalized spacial score (nSPS) is 11.8. The van der Waals surface area contributed by atoms with Crippen LogP contribution in [0.3, 0.4) is 0 Å². The predicted molar refractivity (Wildman–Crippen MR) is 102 cm³/mol. The van der Waals surface area contributed by atoms with E-state index in [1.807, 2.05) is 48.1 Å². The summed E-state index contributed by atoms with van der Waals surface area (Å²) in [7, 11) is 0. The molecule has 0 fully saturated rings. The van der Waals surface area contributed by atoms with Gasteiger partial charge in [0.05, 0.1) is 10.4 Å². The molecule has 0 bridgehead atoms. The summed E-state index contributed by atoms with van der Waals surface area (Å²) in [4.78, 5) is 14.0. The number of thiazole rings is 1. The average Bonchev–Trinajstić information content (AvgIpc) is 3.13. The molecule has 3 heterocycles. The van der Waals surface area contributed by atoms with Gasteiger partial charge in [-0.1, -0.05) is 30.3 Å². The van der Waals surface area contributed by atoms with Gasteiger partial charge >= 0.3 is 0 Å². The van der Waals surface area contributed by atoms with E-state index < -0.39 is 0 Å². The maximum Gasteiger partial charge on any atom is 0.271 e. The molecule has 23 heavy (non-hydrogen) atoms. The first-order valence-electron chi connectivity index (χ1n) is 7.32. The Morgan fingerprint density at radius 3 is 2.57 bits per heavy atom. The van der Waals surface area contributed by atoms with Crippen molar-refractivity contribution < 1.29 is 0 Å². The second kappa shape index (κ2) is 5.40. The third-order valence-corrected chi connectivity index (χ3v) is 6.17. The number of aromatic nitrogens is 2. The van der Waals surface area contributed by atoms with Gasteiger partial charge in [-0.15, -0.1) is 22.7 Å². The van der Waals surface area contributed by atoms with Crippen molar-refractivity contribution >= 4 is 50.8 Å². The van der Waals surface area contributed by atoms with E-state index in [1.165, 1.54) is 11.3 Å². The van der Waals surface area contributed by atoms with Gasteiger partial charge in [-0.2, -0.15) is 0 Å². The van der Waals surface area contributed by atoms with Crippen LogP contribution in [-0.2, 0) is 0 Å². The van der Waals surface area contributed by atoms with E-state index in [0.29, 0.717) is 0 Å². The van der Waals surface area contributed by atoms with Gasteiger partial charge in [-0.3, -0.25) is 13.8 Å². The lowest BCUT2D eigenvalue weighted by Crippen LogP contribution is -2.23. The van der Waals surface area contributed by atoms with Crippen molar-refractivity contribution in [1.82, 2.24) is 8.97 Å². The Balaban J connectivity index is 2.30. The highest BCUT2D eigenvalue weighted by Crippen LogP contribution is 2.34. The van der Waals surface area contributed by atoms with E-state index in [0.717, 1.165) is 30.3 Å². The van der Waals surface area contributed by atoms with E-state index in [-0.39, 0.29) is 11.6 Å². The van der Waals surface area contributed by atoms with Crippen molar-refractivity contribution in [2.75, 3.05) is 0 Å². The molecule has 0 aliphatic rings. The van der Waals surface area contributed by atoms with E-state index >= 15 is 0 Å². The third kappa shape index (κ3) is 2.13. The molecule has 0 N–H and O–H groups in total. The maximum absolute atomic E-state index is 13.0. The molecule has 0 saturated carbocycles. The number of benzene rings is 1. The minimum absolute atomic E-state index is 0.0648. The van der Waals surface area contributed by atoms with E-state index in [4.69, 9.17) is 12.2 Å². The zero-order chi connectivity index (χ0) is 16.1. The van der Waals surface area contributed by atoms with Gasteiger partial charge in [0, 0.05) is 6.04 Å². The Bertz CT molecular complexity index is 1130. The lowest BCUT2D eigenvalue weighted by atomic mass is 10.2. The summed E-state index contributed by atoms with van der Waals surface area (Å²) in [5, 5.41) is 1.96. The first kappa shape index (κ1) is 14.8. The summed E-state index contributed by atoms with van der Waals surface area (Å²) in [6, 6.07) is 12.2. The molecule has 4 aromatic rings. The first-order valence-corrected chi connectivity index (χ1v) is 9.42. The maximum atomic E-state index is 13.0. The van der Waals surface area contributed by atoms with Crippen LogP contribution < -0.4 is 5.56 Å². The Labute approximate surface area is 146 Å². The Morgan fingerprint density at radius 2 is 1.87 bits per heavy atom. The largest absolute Gasteiger partial charge is 0.289 e. The molecular weight excluding hydrogens is 344 g/mol. The fraction of sp³-hybridized carbons (Fsp3) is 0.176. The van der Waals surface area contributed by atoms with Gasteiger partial charge in [0.25, 0.3) is 5.56 Å². The second-order valence-corrected chi connectivity index (χ2v) is 8.19. The molecule has 116 valence electrons. The summed E-state index contributed by atoms with van der Waals surface area (Å²) in [6.45, 7) is 4.08. The molecule has 6 heteroatoms. The lowest BCUT2D eigenvalue weighted by molar-refractivity contribution is 0.596. The lowest BCUT2D eigenvalue weighted by Gasteiger charge is -2.14. The zero-order valence-corrected chi connectivity index (χ0v) is 15.1. The van der Waals surface area contributed by atoms with Crippen molar-refractivity contribution in [3.8, 4) is 10.4 Å². The number of hydrogen-bond donors (Lipinski definition) is 0. The van der Waals surface area contributed by atoms with Crippen LogP contribution in [0, 0.1) is 3.95 Å². The summed E-state index contributed by atoms with van der Waals surface area (Å²) < 4.78 is 5.46. The van der Waals surface area contributed by atoms with Crippen LogP contribution in [0.1, 0.15) is 19.9 Å². The van der Waals surface area contributed by atoms with Crippen LogP contribution in [0.15, 0.2) is 46.6 Å². The number of hydrogen-bond acceptors (Lipinski definition) is 4. The van der Waals surface area contributed by atoms with Crippen LogP contribution in [0.4, 0.5) is 0 Å². The molecule has 0 atom stereocenters. The summed E-state index contributed by atoms with van der Waals surface area (Å²) in [5.41, 5.74) is 2.97. The topological polar surface area (TPSA) is 26.4 Å². The predicted octanol–water partition coefficient (Wildman–Crippen LogP) is 5.35. The fourth-order valence-corrected chi connectivity index (χ4v) is 5.13. The number of thiophene rings is 1. The quantitative estimate of drug-likeness (QED) is 0.451. The molecule has 0 unspecified atom stereocenters. The highest BCUT2D eigenvalue weighted by Gasteiger charge is 2.20. The van der Waals surface area contributed by atoms with Gasteiger partial charge in [0.15, 0.2) is 3.95 Å². The molecular formula is C17H14N2OS3. The number of rotatable bonds is 2. The van der Waals surface area contributed by atoms with Crippen LogP contribution in [0.5, 0.6) is 0 Å². The molecule has 0 radical (unpaired) electrons. The Hall–Kier alpha value is -1.76. The highest BCUT2D eigenvalue weighted by molar-refractivity contribution is 7.73. The molecule has 1 aromatic carbocycles. The van der Waals surface area contributed by atoms with Crippen molar-refractivity contribution in [3.05, 3.63) is 56.1 Å². The van der Waals surface area contributed by atoms with Gasteiger partial charge in [0.2, 0.25) is 0 Å². The summed E-state index contributed by atoms with van der Waals surface area (Å²) in [5.74, 6) is 0. The SMILES string of the molecule is CC(C)n1c(=O)c2sccc2n2c(=S)sc(-c3ccccc3)c12. The third-order valence-electron chi connectivity index (χ3n) is 3.87. The number of nitrogens with zero attached hydrogens (tertiary/aromatic N) is 2. The smallest absolute Gasteiger partial charge is 0.271 e. The van der Waals surface area contributed by atoms with Crippen LogP contribution >= 0.6 is 34.9 Å². The van der Waals surface area contributed by atoms with Gasteiger partial charge in [-0.25, -0.2) is 0 Å². The van der Waals surface area contributed by atoms with Crippen molar-refractivity contribution in [2.45, 2.75) is 19.9 Å². The van der Waals surface area contributed by atoms with E-state index in [1.54, 1.807) is 11.3 Å². The monoisotopic (exact) mass is 358 g/mol. The van der Waals surface area contributed by atoms with Gasteiger partial charge in [0.1, 0.15) is 10.3 Å². The molecule has 0 saturated heterocycles. The van der Waals surface area contributed by atoms with Crippen LogP contribution in [-0.4, -0.2) is 8.97 Å². The summed E-state index contributed by atoms with van der Waals surface area (Å²) in [6.07, 6.45) is 0. The standard InChI is InChI=1S/C17H14N2OS3/c1-10(2)18-15-13(11-6-4-3-5-7-11)23-17(21)19(15)12-8-9-22-14(12)16(18)20/h3-10H,1-2H3. The minimum atomic E-state index is 0.0648. The Kier molecular flexibility index (Phi) is 3.48. The zero-order valence-electron chi connectivity index (χ0n) is 12.6. The van der Waals surface area contributed by atoms with E-state index in [2.05, 4.69) is 16.5 Å². The molecule has 4 rings (SSSR count). The minimum Gasteiger partial charge on any atom is -0.289 e. The first-order chi connectivity index (χ1) is 11.1. The van der Waals surface area contributed by atoms with Gasteiger partial charge in [-0.05, 0) is 43.1 Å². The second-order valence-electron chi connectivity index (χ2n) is 5.63. The van der Waals surface area contributed by atoms with Crippen molar-refractivity contribution in [1.29, 1.82) is 0 Å². The Morgan fingerprint density at radius 1 is 1.13 bits per heavy atom. The molecule has 0 aliphatic heterocycles. The molecule has 0 aliphatic carbocycles. The van der Waals surface area contributed by atoms with Crippen LogP contribution in [0.2, 0.25) is 0 Å². The van der Waals surface area contributed by atoms with E-state index in [9.17, 15) is 4.79 Å². The van der Waals surface area contributed by atoms with Crippen molar-refractivity contribution in [3.63, 3.8) is 0 Å². The fourth-order valence-electron chi connectivity index (χ4n) is 2.90. The van der Waals surface area contributed by atoms with Crippen molar-refractivity contribution in [2.24, 2.45) is 0 Å². The molecule has 3 nitrogen and oxygen atoms in total. The molecule has 0 spiro atoms. The molecule has 0 amide bonds. The average molecular weight is 359 g/mol. The van der Waals surface area contributed by atoms with Crippen LogP contribution in [0.25, 0.3) is 26.3 Å². The number of fused-ring (bicyclic) bond motifs is 3.